The summed E-state index contributed by atoms with van der Waals surface area (Å²) in [6.07, 6.45) is 5.34. The summed E-state index contributed by atoms with van der Waals surface area (Å²) in [5, 5.41) is 10.0. The zero-order chi connectivity index (χ0) is 22.4. The topological polar surface area (TPSA) is 72.2 Å². The SMILES string of the molecule is Fc1cncnc1N1CCC(c2nnc3n2-c2ccc(Cl)cc2CN([C@H]2CCOC2)C3)CC1. The zero-order valence-corrected chi connectivity index (χ0v) is 19.0. The Labute approximate surface area is 196 Å². The number of ether oxygens (including phenoxy) is 1. The maximum absolute atomic E-state index is 14.2. The summed E-state index contributed by atoms with van der Waals surface area (Å²) in [4.78, 5) is 12.3. The van der Waals surface area contributed by atoms with Gasteiger partial charge in [-0.1, -0.05) is 11.6 Å². The van der Waals surface area contributed by atoms with Gasteiger partial charge in [-0.15, -0.1) is 10.2 Å². The van der Waals surface area contributed by atoms with Gasteiger partial charge in [0.2, 0.25) is 0 Å². The van der Waals surface area contributed by atoms with Crippen LogP contribution in [0.1, 0.15) is 42.4 Å². The lowest BCUT2D eigenvalue weighted by atomic mass is 9.95. The highest BCUT2D eigenvalue weighted by Gasteiger charge is 2.33. The molecule has 2 saturated heterocycles. The third-order valence-corrected chi connectivity index (χ3v) is 7.22. The number of hydrogen-bond donors (Lipinski definition) is 0. The van der Waals surface area contributed by atoms with E-state index in [9.17, 15) is 4.39 Å². The minimum atomic E-state index is -0.380. The second-order valence-electron chi connectivity index (χ2n) is 8.96. The molecule has 0 bridgehead atoms. The fourth-order valence-corrected chi connectivity index (χ4v) is 5.47. The predicted octanol–water partition coefficient (Wildman–Crippen LogP) is 3.34. The quantitative estimate of drug-likeness (QED) is 0.582. The molecular formula is C23H25ClFN7O. The van der Waals surface area contributed by atoms with Crippen LogP contribution in [0.15, 0.2) is 30.7 Å². The summed E-state index contributed by atoms with van der Waals surface area (Å²) >= 11 is 6.38. The molecule has 172 valence electrons. The largest absolute Gasteiger partial charge is 0.380 e. The van der Waals surface area contributed by atoms with Crippen LogP contribution >= 0.6 is 11.6 Å². The van der Waals surface area contributed by atoms with Gasteiger partial charge in [-0.3, -0.25) is 9.47 Å². The maximum Gasteiger partial charge on any atom is 0.183 e. The van der Waals surface area contributed by atoms with Gasteiger partial charge in [0.05, 0.1) is 25.0 Å². The molecule has 0 aliphatic carbocycles. The van der Waals surface area contributed by atoms with Gasteiger partial charge in [0.15, 0.2) is 17.5 Å². The lowest BCUT2D eigenvalue weighted by Gasteiger charge is -2.32. The van der Waals surface area contributed by atoms with E-state index in [1.807, 2.05) is 11.0 Å². The summed E-state index contributed by atoms with van der Waals surface area (Å²) in [5.41, 5.74) is 2.27. The molecule has 1 aromatic carbocycles. The van der Waals surface area contributed by atoms with E-state index in [1.54, 1.807) is 0 Å². The van der Waals surface area contributed by atoms with Gasteiger partial charge in [-0.05, 0) is 43.0 Å². The first-order chi connectivity index (χ1) is 16.2. The van der Waals surface area contributed by atoms with Crippen LogP contribution < -0.4 is 4.90 Å². The van der Waals surface area contributed by atoms with Crippen LogP contribution in [0, 0.1) is 5.82 Å². The smallest absolute Gasteiger partial charge is 0.183 e. The number of rotatable bonds is 3. The van der Waals surface area contributed by atoms with E-state index in [0.29, 0.717) is 24.9 Å². The van der Waals surface area contributed by atoms with E-state index in [4.69, 9.17) is 16.3 Å². The standard InChI is InChI=1S/C23H25ClFN7O/c24-17-1-2-20-16(9-17)11-31(18-5-8-33-13-18)12-21-28-29-22(32(20)21)15-3-6-30(7-4-15)23-19(25)10-26-14-27-23/h1-2,9-10,14-15,18H,3-8,11-13H2/t18-/m0/s1. The lowest BCUT2D eigenvalue weighted by Crippen LogP contribution is -2.35. The highest BCUT2D eigenvalue weighted by molar-refractivity contribution is 6.30. The molecule has 3 aromatic rings. The first kappa shape index (κ1) is 20.9. The third-order valence-electron chi connectivity index (χ3n) is 6.99. The van der Waals surface area contributed by atoms with E-state index in [1.165, 1.54) is 18.1 Å². The normalized spacial score (nSPS) is 21.6. The molecule has 3 aliphatic heterocycles. The zero-order valence-electron chi connectivity index (χ0n) is 18.2. The highest BCUT2D eigenvalue weighted by atomic mass is 35.5. The van der Waals surface area contributed by atoms with Crippen molar-refractivity contribution in [3.8, 4) is 5.69 Å². The number of fused-ring (bicyclic) bond motifs is 3. The summed E-state index contributed by atoms with van der Waals surface area (Å²) in [6, 6.07) is 6.44. The minimum absolute atomic E-state index is 0.234. The summed E-state index contributed by atoms with van der Waals surface area (Å²) in [5.74, 6) is 2.15. The van der Waals surface area contributed by atoms with Crippen LogP contribution in [0.4, 0.5) is 10.2 Å². The Kier molecular flexibility index (Phi) is 5.48. The molecule has 0 radical (unpaired) electrons. The summed E-state index contributed by atoms with van der Waals surface area (Å²) in [6.45, 7) is 4.48. The monoisotopic (exact) mass is 469 g/mol. The minimum Gasteiger partial charge on any atom is -0.380 e. The Morgan fingerprint density at radius 2 is 1.97 bits per heavy atom. The van der Waals surface area contributed by atoms with Gasteiger partial charge in [-0.2, -0.15) is 0 Å². The van der Waals surface area contributed by atoms with Gasteiger partial charge in [0.1, 0.15) is 12.2 Å². The molecule has 6 rings (SSSR count). The van der Waals surface area contributed by atoms with Gasteiger partial charge in [0.25, 0.3) is 0 Å². The van der Waals surface area contributed by atoms with Crippen LogP contribution in [0.3, 0.4) is 0 Å². The molecule has 3 aliphatic rings. The van der Waals surface area contributed by atoms with Crippen molar-refractivity contribution in [2.24, 2.45) is 0 Å². The number of piperidine rings is 1. The lowest BCUT2D eigenvalue weighted by molar-refractivity contribution is 0.133. The van der Waals surface area contributed by atoms with Crippen LogP contribution in [0.2, 0.25) is 5.02 Å². The molecule has 0 unspecified atom stereocenters. The number of nitrogens with zero attached hydrogens (tertiary/aromatic N) is 7. The van der Waals surface area contributed by atoms with Gasteiger partial charge >= 0.3 is 0 Å². The van der Waals surface area contributed by atoms with E-state index in [0.717, 1.165) is 67.9 Å². The Morgan fingerprint density at radius 3 is 2.76 bits per heavy atom. The first-order valence-electron chi connectivity index (χ1n) is 11.4. The van der Waals surface area contributed by atoms with Gasteiger partial charge in [0, 0.05) is 43.2 Å². The van der Waals surface area contributed by atoms with Gasteiger partial charge < -0.3 is 9.64 Å². The highest BCUT2D eigenvalue weighted by Crippen LogP contribution is 2.35. The number of benzene rings is 1. The number of anilines is 1. The fraction of sp³-hybridized carbons (Fsp3) is 0.478. The van der Waals surface area contributed by atoms with Crippen molar-refractivity contribution in [1.29, 1.82) is 0 Å². The second kappa shape index (κ2) is 8.62. The average molecular weight is 470 g/mol. The second-order valence-corrected chi connectivity index (χ2v) is 9.40. The Bertz CT molecular complexity index is 1160. The fourth-order valence-electron chi connectivity index (χ4n) is 5.27. The molecule has 0 saturated carbocycles. The van der Waals surface area contributed by atoms with Crippen LogP contribution in [0.5, 0.6) is 0 Å². The van der Waals surface area contributed by atoms with Crippen molar-refractivity contribution in [3.05, 3.63) is 58.8 Å². The van der Waals surface area contributed by atoms with Crippen molar-refractivity contribution in [3.63, 3.8) is 0 Å². The molecule has 0 N–H and O–H groups in total. The molecule has 0 spiro atoms. The molecular weight excluding hydrogens is 445 g/mol. The van der Waals surface area contributed by atoms with E-state index in [2.05, 4.69) is 41.8 Å². The van der Waals surface area contributed by atoms with Crippen LogP contribution in [-0.2, 0) is 17.8 Å². The molecule has 10 heteroatoms. The Morgan fingerprint density at radius 1 is 1.09 bits per heavy atom. The average Bonchev–Trinajstić information content (AvgIpc) is 3.47. The number of halogens is 2. The predicted molar refractivity (Wildman–Crippen MR) is 121 cm³/mol. The molecule has 1 atom stereocenters. The molecule has 5 heterocycles. The third kappa shape index (κ3) is 3.88. The van der Waals surface area contributed by atoms with Gasteiger partial charge in [-0.25, -0.2) is 14.4 Å². The molecule has 8 nitrogen and oxygen atoms in total. The van der Waals surface area contributed by atoms with Crippen molar-refractivity contribution in [1.82, 2.24) is 29.6 Å². The molecule has 2 aromatic heterocycles. The van der Waals surface area contributed by atoms with E-state index < -0.39 is 0 Å². The maximum atomic E-state index is 14.2. The van der Waals surface area contributed by atoms with Crippen molar-refractivity contribution < 1.29 is 9.13 Å². The van der Waals surface area contributed by atoms with Crippen molar-refractivity contribution in [2.45, 2.75) is 44.3 Å². The number of hydrogen-bond acceptors (Lipinski definition) is 7. The summed E-state index contributed by atoms with van der Waals surface area (Å²) in [7, 11) is 0. The van der Waals surface area contributed by atoms with E-state index >= 15 is 0 Å². The Balaban J connectivity index is 1.31. The molecule has 2 fully saturated rings. The molecule has 0 amide bonds. The molecule has 33 heavy (non-hydrogen) atoms. The van der Waals surface area contributed by atoms with Crippen LogP contribution in [0.25, 0.3) is 5.69 Å². The van der Waals surface area contributed by atoms with Crippen LogP contribution in [-0.4, -0.2) is 62.0 Å². The summed E-state index contributed by atoms with van der Waals surface area (Å²) < 4.78 is 22.0. The Hall–Kier alpha value is -2.62. The first-order valence-corrected chi connectivity index (χ1v) is 11.8. The van der Waals surface area contributed by atoms with Crippen molar-refractivity contribution in [2.75, 3.05) is 31.2 Å². The van der Waals surface area contributed by atoms with Crippen molar-refractivity contribution >= 4 is 17.4 Å². The van der Waals surface area contributed by atoms with E-state index in [-0.39, 0.29) is 11.7 Å². The number of aromatic nitrogens is 5.